The molecule has 102 valence electrons. The van der Waals surface area contributed by atoms with E-state index in [1.807, 2.05) is 26.2 Å². The zero-order valence-corrected chi connectivity index (χ0v) is 11.4. The maximum atomic E-state index is 13.6. The van der Waals surface area contributed by atoms with E-state index in [9.17, 15) is 4.39 Å². The first-order valence-electron chi connectivity index (χ1n) is 6.09. The van der Waals surface area contributed by atoms with Crippen molar-refractivity contribution >= 4 is 0 Å². The Hall–Kier alpha value is -1.88. The summed E-state index contributed by atoms with van der Waals surface area (Å²) >= 11 is 0. The topological polar surface area (TPSA) is 53.1 Å². The average molecular weight is 263 g/mol. The fraction of sp³-hybridized carbons (Fsp3) is 0.357. The van der Waals surface area contributed by atoms with Gasteiger partial charge in [-0.15, -0.1) is 0 Å². The van der Waals surface area contributed by atoms with Gasteiger partial charge in [-0.3, -0.25) is 4.68 Å². The van der Waals surface area contributed by atoms with Crippen molar-refractivity contribution in [3.05, 3.63) is 47.0 Å². The molecule has 1 heterocycles. The van der Waals surface area contributed by atoms with Gasteiger partial charge in [-0.05, 0) is 31.0 Å². The maximum Gasteiger partial charge on any atom is 0.165 e. The zero-order chi connectivity index (χ0) is 14.0. The highest BCUT2D eigenvalue weighted by molar-refractivity contribution is 5.31. The van der Waals surface area contributed by atoms with E-state index in [2.05, 4.69) is 5.10 Å². The first kappa shape index (κ1) is 13.5. The van der Waals surface area contributed by atoms with E-state index >= 15 is 0 Å². The number of halogens is 1. The summed E-state index contributed by atoms with van der Waals surface area (Å²) in [5.41, 5.74) is 8.89. The number of methoxy groups -OCH3 is 1. The van der Waals surface area contributed by atoms with Crippen LogP contribution in [-0.4, -0.2) is 16.9 Å². The molecule has 1 aromatic heterocycles. The van der Waals surface area contributed by atoms with Gasteiger partial charge in [-0.2, -0.15) is 5.10 Å². The van der Waals surface area contributed by atoms with E-state index < -0.39 is 0 Å². The number of hydrogen-bond donors (Lipinski definition) is 1. The second-order valence-corrected chi connectivity index (χ2v) is 4.62. The summed E-state index contributed by atoms with van der Waals surface area (Å²) in [6.07, 6.45) is 2.47. The summed E-state index contributed by atoms with van der Waals surface area (Å²) < 4.78 is 20.2. The molecule has 2 aromatic rings. The molecule has 0 radical (unpaired) electrons. The van der Waals surface area contributed by atoms with Crippen LogP contribution < -0.4 is 10.5 Å². The number of ether oxygens (including phenoxy) is 1. The Balaban J connectivity index is 2.17. The standard InChI is InChI=1S/C14H18FN3O/c1-9-11(8-18(2)17-9)13(16)7-10-4-5-14(19-3)12(15)6-10/h4-6,8,13H,7,16H2,1-3H3. The number of nitrogens with two attached hydrogens (primary N) is 1. The van der Waals surface area contributed by atoms with Crippen molar-refractivity contribution in [2.75, 3.05) is 7.11 Å². The van der Waals surface area contributed by atoms with Gasteiger partial charge in [0.1, 0.15) is 0 Å². The van der Waals surface area contributed by atoms with Crippen molar-refractivity contribution in [1.82, 2.24) is 9.78 Å². The van der Waals surface area contributed by atoms with Gasteiger partial charge in [0, 0.05) is 24.8 Å². The molecule has 4 nitrogen and oxygen atoms in total. The maximum absolute atomic E-state index is 13.6. The van der Waals surface area contributed by atoms with Crippen LogP contribution in [0.25, 0.3) is 0 Å². The van der Waals surface area contributed by atoms with E-state index in [-0.39, 0.29) is 17.6 Å². The number of aromatic nitrogens is 2. The van der Waals surface area contributed by atoms with Crippen molar-refractivity contribution in [2.45, 2.75) is 19.4 Å². The lowest BCUT2D eigenvalue weighted by atomic mass is 10.0. The van der Waals surface area contributed by atoms with Crippen LogP contribution in [0.1, 0.15) is 22.9 Å². The summed E-state index contributed by atoms with van der Waals surface area (Å²) in [5, 5.41) is 4.26. The molecule has 0 fully saturated rings. The Morgan fingerprint density at radius 3 is 2.74 bits per heavy atom. The molecule has 0 aliphatic heterocycles. The first-order valence-corrected chi connectivity index (χ1v) is 6.09. The van der Waals surface area contributed by atoms with Crippen molar-refractivity contribution in [2.24, 2.45) is 12.8 Å². The predicted molar refractivity (Wildman–Crippen MR) is 71.5 cm³/mol. The molecule has 0 saturated heterocycles. The molecule has 0 bridgehead atoms. The third-order valence-electron chi connectivity index (χ3n) is 3.12. The molecule has 1 unspecified atom stereocenters. The molecule has 0 saturated carbocycles. The van der Waals surface area contributed by atoms with Gasteiger partial charge in [-0.1, -0.05) is 6.07 Å². The fourth-order valence-electron chi connectivity index (χ4n) is 2.18. The van der Waals surface area contributed by atoms with Crippen LogP contribution in [0.5, 0.6) is 5.75 Å². The van der Waals surface area contributed by atoms with Gasteiger partial charge in [0.2, 0.25) is 0 Å². The minimum absolute atomic E-state index is 0.193. The molecule has 0 aliphatic carbocycles. The molecule has 2 N–H and O–H groups in total. The largest absolute Gasteiger partial charge is 0.494 e. The third kappa shape index (κ3) is 2.93. The molecule has 19 heavy (non-hydrogen) atoms. The summed E-state index contributed by atoms with van der Waals surface area (Å²) in [7, 11) is 3.30. The number of aryl methyl sites for hydroxylation is 2. The van der Waals surface area contributed by atoms with E-state index in [0.29, 0.717) is 6.42 Å². The Kier molecular flexibility index (Phi) is 3.85. The average Bonchev–Trinajstić information content (AvgIpc) is 2.69. The highest BCUT2D eigenvalue weighted by atomic mass is 19.1. The van der Waals surface area contributed by atoms with Crippen LogP contribution in [0.3, 0.4) is 0 Å². The molecular weight excluding hydrogens is 245 g/mol. The van der Waals surface area contributed by atoms with Crippen LogP contribution >= 0.6 is 0 Å². The number of nitrogens with zero attached hydrogens (tertiary/aromatic N) is 2. The summed E-state index contributed by atoms with van der Waals surface area (Å²) in [6, 6.07) is 4.72. The fourth-order valence-corrected chi connectivity index (χ4v) is 2.18. The molecule has 0 amide bonds. The van der Waals surface area contributed by atoms with Crippen LogP contribution in [-0.2, 0) is 13.5 Å². The summed E-state index contributed by atoms with van der Waals surface area (Å²) in [6.45, 7) is 1.92. The lowest BCUT2D eigenvalue weighted by Gasteiger charge is -2.11. The van der Waals surface area contributed by atoms with Gasteiger partial charge in [0.05, 0.1) is 12.8 Å². The number of hydrogen-bond acceptors (Lipinski definition) is 3. The molecule has 0 aliphatic rings. The zero-order valence-electron chi connectivity index (χ0n) is 11.4. The predicted octanol–water partition coefficient (Wildman–Crippen LogP) is 2.12. The van der Waals surface area contributed by atoms with Crippen LogP contribution in [0.15, 0.2) is 24.4 Å². The van der Waals surface area contributed by atoms with Gasteiger partial charge < -0.3 is 10.5 Å². The van der Waals surface area contributed by atoms with Crippen molar-refractivity contribution < 1.29 is 9.13 Å². The number of benzene rings is 1. The minimum Gasteiger partial charge on any atom is -0.494 e. The molecule has 1 aromatic carbocycles. The Morgan fingerprint density at radius 2 is 2.21 bits per heavy atom. The second-order valence-electron chi connectivity index (χ2n) is 4.62. The summed E-state index contributed by atoms with van der Waals surface area (Å²) in [5.74, 6) is -0.120. The first-order chi connectivity index (χ1) is 9.01. The molecule has 2 rings (SSSR count). The van der Waals surface area contributed by atoms with Crippen molar-refractivity contribution in [3.63, 3.8) is 0 Å². The number of rotatable bonds is 4. The van der Waals surface area contributed by atoms with Gasteiger partial charge in [0.15, 0.2) is 11.6 Å². The quantitative estimate of drug-likeness (QED) is 0.919. The van der Waals surface area contributed by atoms with E-state index in [1.54, 1.807) is 10.7 Å². The minimum atomic E-state index is -0.366. The van der Waals surface area contributed by atoms with Crippen LogP contribution in [0, 0.1) is 12.7 Å². The normalized spacial score (nSPS) is 12.5. The second kappa shape index (κ2) is 5.40. The molecule has 5 heteroatoms. The van der Waals surface area contributed by atoms with E-state index in [1.165, 1.54) is 13.2 Å². The molecule has 0 spiro atoms. The van der Waals surface area contributed by atoms with Gasteiger partial charge >= 0.3 is 0 Å². The van der Waals surface area contributed by atoms with Crippen LogP contribution in [0.4, 0.5) is 4.39 Å². The third-order valence-corrected chi connectivity index (χ3v) is 3.12. The Bertz CT molecular complexity index is 580. The molecular formula is C14H18FN3O. The SMILES string of the molecule is COc1ccc(CC(N)c2cn(C)nc2C)cc1F. The van der Waals surface area contributed by atoms with Crippen molar-refractivity contribution in [1.29, 1.82) is 0 Å². The summed E-state index contributed by atoms with van der Waals surface area (Å²) in [4.78, 5) is 0. The lowest BCUT2D eigenvalue weighted by molar-refractivity contribution is 0.386. The van der Waals surface area contributed by atoms with Crippen LogP contribution in [0.2, 0.25) is 0 Å². The van der Waals surface area contributed by atoms with Gasteiger partial charge in [0.25, 0.3) is 0 Å². The Labute approximate surface area is 112 Å². The van der Waals surface area contributed by atoms with E-state index in [4.69, 9.17) is 10.5 Å². The molecule has 1 atom stereocenters. The van der Waals surface area contributed by atoms with Gasteiger partial charge in [-0.25, -0.2) is 4.39 Å². The smallest absolute Gasteiger partial charge is 0.165 e. The Morgan fingerprint density at radius 1 is 1.47 bits per heavy atom. The monoisotopic (exact) mass is 263 g/mol. The highest BCUT2D eigenvalue weighted by Gasteiger charge is 2.14. The van der Waals surface area contributed by atoms with Crippen molar-refractivity contribution in [3.8, 4) is 5.75 Å². The lowest BCUT2D eigenvalue weighted by Crippen LogP contribution is -2.14. The highest BCUT2D eigenvalue weighted by Crippen LogP contribution is 2.22. The van der Waals surface area contributed by atoms with E-state index in [0.717, 1.165) is 16.8 Å².